The molecule has 1 aromatic heterocycles. The van der Waals surface area contributed by atoms with Crippen molar-refractivity contribution in [1.82, 2.24) is 4.90 Å². The number of carbonyl (C=O) groups excluding carboxylic acids is 2. The van der Waals surface area contributed by atoms with Crippen molar-refractivity contribution in [2.24, 2.45) is 0 Å². The van der Waals surface area contributed by atoms with Crippen molar-refractivity contribution >= 4 is 46.0 Å². The highest BCUT2D eigenvalue weighted by Crippen LogP contribution is 2.40. The van der Waals surface area contributed by atoms with E-state index in [1.807, 2.05) is 0 Å². The van der Waals surface area contributed by atoms with E-state index in [2.05, 4.69) is 0 Å². The van der Waals surface area contributed by atoms with Gasteiger partial charge >= 0.3 is 0 Å². The minimum absolute atomic E-state index is 0.0711. The molecular formula is C23H12Cl2FNO3. The topological polar surface area (TPSA) is 50.5 Å². The van der Waals surface area contributed by atoms with Gasteiger partial charge in [0, 0.05) is 16.5 Å². The third kappa shape index (κ3) is 2.90. The van der Waals surface area contributed by atoms with Crippen molar-refractivity contribution in [3.63, 3.8) is 0 Å². The summed E-state index contributed by atoms with van der Waals surface area (Å²) < 4.78 is 20.3. The highest BCUT2D eigenvalue weighted by Gasteiger charge is 2.35. The van der Waals surface area contributed by atoms with Crippen LogP contribution < -0.4 is 0 Å². The van der Waals surface area contributed by atoms with Crippen LogP contribution in [0.1, 0.15) is 26.5 Å². The van der Waals surface area contributed by atoms with Crippen molar-refractivity contribution in [1.29, 1.82) is 0 Å². The molecule has 3 aromatic carbocycles. The van der Waals surface area contributed by atoms with Crippen LogP contribution in [0.3, 0.4) is 0 Å². The van der Waals surface area contributed by atoms with Crippen LogP contribution in [-0.4, -0.2) is 16.7 Å². The standard InChI is InChI=1S/C23H12Cl2FNO3/c24-18-6-3-7-19(25)20(18)17-10-13(26)8-12-9-14(30-21(12)17)11-27-22(28)15-4-1-2-5-16(15)23(27)29/h1-10H,11H2. The Morgan fingerprint density at radius 3 is 2.10 bits per heavy atom. The predicted octanol–water partition coefficient (Wildman–Crippen LogP) is 6.34. The predicted molar refractivity (Wildman–Crippen MR) is 112 cm³/mol. The van der Waals surface area contributed by atoms with E-state index in [0.717, 1.165) is 4.90 Å². The number of imide groups is 1. The smallest absolute Gasteiger partial charge is 0.261 e. The lowest BCUT2D eigenvalue weighted by Gasteiger charge is -2.11. The first-order chi connectivity index (χ1) is 14.4. The number of hydrogen-bond donors (Lipinski definition) is 0. The number of amides is 2. The van der Waals surface area contributed by atoms with Crippen molar-refractivity contribution in [2.75, 3.05) is 0 Å². The lowest BCUT2D eigenvalue weighted by atomic mass is 10.0. The zero-order valence-electron chi connectivity index (χ0n) is 15.3. The van der Waals surface area contributed by atoms with Gasteiger partial charge in [-0.25, -0.2) is 4.39 Å². The molecule has 2 amide bonds. The molecule has 0 fully saturated rings. The van der Waals surface area contributed by atoms with Crippen molar-refractivity contribution < 1.29 is 18.4 Å². The first kappa shape index (κ1) is 18.9. The monoisotopic (exact) mass is 439 g/mol. The number of rotatable bonds is 3. The van der Waals surface area contributed by atoms with Gasteiger partial charge < -0.3 is 4.42 Å². The third-order valence-corrected chi connectivity index (χ3v) is 5.69. The van der Waals surface area contributed by atoms with Crippen LogP contribution in [0.5, 0.6) is 0 Å². The van der Waals surface area contributed by atoms with Gasteiger partial charge in [0.25, 0.3) is 11.8 Å². The van der Waals surface area contributed by atoms with E-state index in [1.54, 1.807) is 48.5 Å². The molecule has 4 nitrogen and oxygen atoms in total. The van der Waals surface area contributed by atoms with Gasteiger partial charge in [0.1, 0.15) is 17.2 Å². The SMILES string of the molecule is O=C1c2ccccc2C(=O)N1Cc1cc2cc(F)cc(-c3c(Cl)cccc3Cl)c2o1. The van der Waals surface area contributed by atoms with Gasteiger partial charge in [-0.1, -0.05) is 41.4 Å². The molecule has 2 heterocycles. The van der Waals surface area contributed by atoms with E-state index in [-0.39, 0.29) is 6.54 Å². The zero-order valence-corrected chi connectivity index (χ0v) is 16.8. The maximum atomic E-state index is 14.3. The van der Waals surface area contributed by atoms with Crippen LogP contribution in [-0.2, 0) is 6.54 Å². The molecule has 0 aliphatic carbocycles. The van der Waals surface area contributed by atoms with Crippen molar-refractivity contribution in [2.45, 2.75) is 6.54 Å². The van der Waals surface area contributed by atoms with Crippen LogP contribution in [0, 0.1) is 5.82 Å². The fourth-order valence-corrected chi connectivity index (χ4v) is 4.33. The zero-order chi connectivity index (χ0) is 21.0. The number of benzene rings is 3. The average Bonchev–Trinajstić information content (AvgIpc) is 3.22. The van der Waals surface area contributed by atoms with Gasteiger partial charge in [-0.15, -0.1) is 0 Å². The third-order valence-electron chi connectivity index (χ3n) is 5.06. The summed E-state index contributed by atoms with van der Waals surface area (Å²) in [4.78, 5) is 26.4. The quantitative estimate of drug-likeness (QED) is 0.349. The fraction of sp³-hybridized carbons (Fsp3) is 0.0435. The number of halogens is 3. The lowest BCUT2D eigenvalue weighted by Crippen LogP contribution is -2.28. The van der Waals surface area contributed by atoms with E-state index < -0.39 is 17.6 Å². The average molecular weight is 440 g/mol. The molecule has 0 atom stereocenters. The van der Waals surface area contributed by atoms with Gasteiger partial charge in [0.15, 0.2) is 0 Å². The lowest BCUT2D eigenvalue weighted by molar-refractivity contribution is 0.0632. The Morgan fingerprint density at radius 1 is 0.833 bits per heavy atom. The summed E-state index contributed by atoms with van der Waals surface area (Å²) in [6.45, 7) is -0.0711. The first-order valence-electron chi connectivity index (χ1n) is 9.05. The molecule has 7 heteroatoms. The molecule has 0 saturated heterocycles. The minimum Gasteiger partial charge on any atom is -0.459 e. The summed E-state index contributed by atoms with van der Waals surface area (Å²) in [6.07, 6.45) is 0. The van der Waals surface area contributed by atoms with Crippen LogP contribution >= 0.6 is 23.2 Å². The molecule has 148 valence electrons. The van der Waals surface area contributed by atoms with E-state index in [9.17, 15) is 14.0 Å². The Bertz CT molecular complexity index is 1310. The highest BCUT2D eigenvalue weighted by molar-refractivity contribution is 6.39. The fourth-order valence-electron chi connectivity index (χ4n) is 3.73. The summed E-state index contributed by atoms with van der Waals surface area (Å²) in [5, 5.41) is 1.19. The molecule has 0 bridgehead atoms. The molecule has 1 aliphatic rings. The normalized spacial score (nSPS) is 13.4. The van der Waals surface area contributed by atoms with E-state index in [1.165, 1.54) is 12.1 Å². The van der Waals surface area contributed by atoms with Crippen LogP contribution in [0.4, 0.5) is 4.39 Å². The highest BCUT2D eigenvalue weighted by atomic mass is 35.5. The second kappa shape index (κ2) is 6.97. The Labute approximate surface area is 180 Å². The molecule has 5 rings (SSSR count). The summed E-state index contributed by atoms with van der Waals surface area (Å²) in [6, 6.07) is 15.9. The maximum Gasteiger partial charge on any atom is 0.261 e. The Morgan fingerprint density at radius 2 is 1.47 bits per heavy atom. The molecule has 0 N–H and O–H groups in total. The van der Waals surface area contributed by atoms with Gasteiger partial charge in [0.2, 0.25) is 0 Å². The van der Waals surface area contributed by atoms with Gasteiger partial charge in [-0.2, -0.15) is 0 Å². The summed E-state index contributed by atoms with van der Waals surface area (Å²) in [5.41, 5.74) is 1.93. The Balaban J connectivity index is 1.59. The van der Waals surface area contributed by atoms with Crippen molar-refractivity contribution in [3.05, 3.63) is 93.4 Å². The van der Waals surface area contributed by atoms with E-state index in [4.69, 9.17) is 27.6 Å². The number of nitrogens with zero attached hydrogens (tertiary/aromatic N) is 1. The Kier molecular flexibility index (Phi) is 4.38. The minimum atomic E-state index is -0.485. The number of furan rings is 1. The van der Waals surface area contributed by atoms with Gasteiger partial charge in [0.05, 0.1) is 27.7 Å². The van der Waals surface area contributed by atoms with Gasteiger partial charge in [-0.05, 0) is 42.5 Å². The second-order valence-corrected chi connectivity index (χ2v) is 7.74. The molecular weight excluding hydrogens is 428 g/mol. The molecule has 0 radical (unpaired) electrons. The van der Waals surface area contributed by atoms with E-state index >= 15 is 0 Å². The molecule has 1 aliphatic heterocycles. The molecule has 0 unspecified atom stereocenters. The van der Waals surface area contributed by atoms with Crippen LogP contribution in [0.15, 0.2) is 65.1 Å². The number of carbonyl (C=O) groups is 2. The number of fused-ring (bicyclic) bond motifs is 2. The summed E-state index contributed by atoms with van der Waals surface area (Å²) in [5.74, 6) is -0.927. The molecule has 0 saturated carbocycles. The molecule has 4 aromatic rings. The molecule has 0 spiro atoms. The first-order valence-corrected chi connectivity index (χ1v) is 9.81. The van der Waals surface area contributed by atoms with Crippen molar-refractivity contribution in [3.8, 4) is 11.1 Å². The van der Waals surface area contributed by atoms with Crippen LogP contribution in [0.2, 0.25) is 10.0 Å². The Hall–Kier alpha value is -3.15. The second-order valence-electron chi connectivity index (χ2n) is 6.92. The maximum absolute atomic E-state index is 14.3. The summed E-state index contributed by atoms with van der Waals surface area (Å²) >= 11 is 12.6. The molecule has 30 heavy (non-hydrogen) atoms. The van der Waals surface area contributed by atoms with E-state index in [0.29, 0.717) is 49.0 Å². The number of hydrogen-bond acceptors (Lipinski definition) is 3. The van der Waals surface area contributed by atoms with Gasteiger partial charge in [-0.3, -0.25) is 14.5 Å². The summed E-state index contributed by atoms with van der Waals surface area (Å²) in [7, 11) is 0. The van der Waals surface area contributed by atoms with Crippen LogP contribution in [0.25, 0.3) is 22.1 Å². The largest absolute Gasteiger partial charge is 0.459 e.